The maximum Gasteiger partial charge on any atom is 0.241 e. The van der Waals surface area contributed by atoms with Crippen LogP contribution in [-0.2, 0) is 16.6 Å². The molecule has 1 aromatic rings. The Balaban J connectivity index is 2.15. The molecule has 0 aliphatic heterocycles. The summed E-state index contributed by atoms with van der Waals surface area (Å²) in [6.07, 6.45) is 6.25. The molecule has 0 saturated heterocycles. The van der Waals surface area contributed by atoms with Crippen molar-refractivity contribution in [1.29, 1.82) is 0 Å². The van der Waals surface area contributed by atoms with Gasteiger partial charge in [0.1, 0.15) is 0 Å². The minimum absolute atomic E-state index is 0.0591. The fourth-order valence-electron chi connectivity index (χ4n) is 2.85. The molecule has 2 atom stereocenters. The Morgan fingerprint density at radius 3 is 2.76 bits per heavy atom. The van der Waals surface area contributed by atoms with Crippen LogP contribution in [0.3, 0.4) is 0 Å². The highest BCUT2D eigenvalue weighted by molar-refractivity contribution is 7.99. The summed E-state index contributed by atoms with van der Waals surface area (Å²) < 4.78 is 28.2. The molecule has 2 unspecified atom stereocenters. The fraction of sp³-hybridized carbons (Fsp3) is 0.600. The second-order valence-electron chi connectivity index (χ2n) is 5.48. The Labute approximate surface area is 132 Å². The minimum Gasteiger partial charge on any atom is -0.316 e. The highest BCUT2D eigenvalue weighted by atomic mass is 32.2. The van der Waals surface area contributed by atoms with Crippen molar-refractivity contribution in [3.63, 3.8) is 0 Å². The SMILES string of the molecule is CNCc1ccccc1S(=O)(=O)NC1CCCC(SC)C1. The smallest absolute Gasteiger partial charge is 0.241 e. The average Bonchev–Trinajstić information content (AvgIpc) is 2.48. The molecule has 0 heterocycles. The van der Waals surface area contributed by atoms with E-state index in [2.05, 4.69) is 16.3 Å². The molecule has 6 heteroatoms. The molecule has 1 saturated carbocycles. The van der Waals surface area contributed by atoms with Gasteiger partial charge in [-0.2, -0.15) is 11.8 Å². The predicted molar refractivity (Wildman–Crippen MR) is 89.1 cm³/mol. The fourth-order valence-corrected chi connectivity index (χ4v) is 5.20. The lowest BCUT2D eigenvalue weighted by Gasteiger charge is -2.28. The summed E-state index contributed by atoms with van der Waals surface area (Å²) in [5.74, 6) is 0. The van der Waals surface area contributed by atoms with Gasteiger partial charge in [-0.05, 0) is 44.2 Å². The Morgan fingerprint density at radius 2 is 2.05 bits per heavy atom. The van der Waals surface area contributed by atoms with Crippen molar-refractivity contribution in [3.05, 3.63) is 29.8 Å². The van der Waals surface area contributed by atoms with E-state index in [1.54, 1.807) is 12.1 Å². The van der Waals surface area contributed by atoms with E-state index < -0.39 is 10.0 Å². The van der Waals surface area contributed by atoms with Gasteiger partial charge in [-0.1, -0.05) is 24.6 Å². The van der Waals surface area contributed by atoms with E-state index in [-0.39, 0.29) is 6.04 Å². The highest BCUT2D eigenvalue weighted by Gasteiger charge is 2.27. The molecule has 4 nitrogen and oxygen atoms in total. The monoisotopic (exact) mass is 328 g/mol. The zero-order valence-corrected chi connectivity index (χ0v) is 14.3. The van der Waals surface area contributed by atoms with Crippen LogP contribution in [0.2, 0.25) is 0 Å². The van der Waals surface area contributed by atoms with E-state index >= 15 is 0 Å². The van der Waals surface area contributed by atoms with Crippen LogP contribution < -0.4 is 10.0 Å². The van der Waals surface area contributed by atoms with Gasteiger partial charge in [0.15, 0.2) is 0 Å². The van der Waals surface area contributed by atoms with Gasteiger partial charge in [0.05, 0.1) is 4.90 Å². The molecule has 1 aliphatic rings. The van der Waals surface area contributed by atoms with Crippen LogP contribution in [0, 0.1) is 0 Å². The number of thioether (sulfide) groups is 1. The van der Waals surface area contributed by atoms with E-state index in [9.17, 15) is 8.42 Å². The van der Waals surface area contributed by atoms with Crippen LogP contribution in [0.5, 0.6) is 0 Å². The summed E-state index contributed by atoms with van der Waals surface area (Å²) in [6, 6.07) is 7.25. The van der Waals surface area contributed by atoms with Gasteiger partial charge in [-0.3, -0.25) is 0 Å². The maximum absolute atomic E-state index is 12.6. The van der Waals surface area contributed by atoms with Gasteiger partial charge in [0, 0.05) is 17.8 Å². The maximum atomic E-state index is 12.6. The molecule has 1 aromatic carbocycles. The van der Waals surface area contributed by atoms with Crippen LogP contribution in [-0.4, -0.2) is 33.0 Å². The lowest BCUT2D eigenvalue weighted by atomic mass is 9.96. The highest BCUT2D eigenvalue weighted by Crippen LogP contribution is 2.28. The van der Waals surface area contributed by atoms with Crippen molar-refractivity contribution in [3.8, 4) is 0 Å². The molecule has 0 aromatic heterocycles. The Bertz CT molecular complexity index is 561. The minimum atomic E-state index is -3.44. The van der Waals surface area contributed by atoms with Gasteiger partial charge >= 0.3 is 0 Å². The van der Waals surface area contributed by atoms with Crippen LogP contribution in [0.4, 0.5) is 0 Å². The first kappa shape index (κ1) is 16.8. The molecule has 1 aliphatic carbocycles. The standard InChI is InChI=1S/C15H24N2O2S2/c1-16-11-12-6-3-4-9-15(12)21(18,19)17-13-7-5-8-14(10-13)20-2/h3-4,6,9,13-14,16-17H,5,7-8,10-11H2,1-2H3. The molecule has 0 bridgehead atoms. The van der Waals surface area contributed by atoms with Gasteiger partial charge in [-0.25, -0.2) is 13.1 Å². The number of benzene rings is 1. The second-order valence-corrected chi connectivity index (χ2v) is 8.30. The van der Waals surface area contributed by atoms with E-state index in [1.165, 1.54) is 6.42 Å². The predicted octanol–water partition coefficient (Wildman–Crippen LogP) is 2.36. The lowest BCUT2D eigenvalue weighted by Crippen LogP contribution is -2.39. The second kappa shape index (κ2) is 7.63. The van der Waals surface area contributed by atoms with Crippen LogP contribution in [0.15, 0.2) is 29.2 Å². The van der Waals surface area contributed by atoms with Crippen molar-refractivity contribution in [2.75, 3.05) is 13.3 Å². The largest absolute Gasteiger partial charge is 0.316 e. The van der Waals surface area contributed by atoms with Crippen LogP contribution in [0.25, 0.3) is 0 Å². The third-order valence-corrected chi connectivity index (χ3v) is 6.63. The van der Waals surface area contributed by atoms with Gasteiger partial charge in [-0.15, -0.1) is 0 Å². The van der Waals surface area contributed by atoms with Gasteiger partial charge in [0.2, 0.25) is 10.0 Å². The quantitative estimate of drug-likeness (QED) is 0.842. The first-order valence-corrected chi connectivity index (χ1v) is 10.1. The topological polar surface area (TPSA) is 58.2 Å². The summed E-state index contributed by atoms with van der Waals surface area (Å²) in [5, 5.41) is 3.59. The Morgan fingerprint density at radius 1 is 1.29 bits per heavy atom. The van der Waals surface area contributed by atoms with E-state index in [0.717, 1.165) is 24.8 Å². The first-order valence-electron chi connectivity index (χ1n) is 7.34. The Hall–Kier alpha value is -0.560. The molecule has 0 amide bonds. The van der Waals surface area contributed by atoms with Crippen molar-refractivity contribution < 1.29 is 8.42 Å². The van der Waals surface area contributed by atoms with Gasteiger partial charge < -0.3 is 5.32 Å². The van der Waals surface area contributed by atoms with E-state index in [1.807, 2.05) is 30.9 Å². The summed E-state index contributed by atoms with van der Waals surface area (Å²) in [4.78, 5) is 0.394. The van der Waals surface area contributed by atoms with Crippen LogP contribution in [0.1, 0.15) is 31.2 Å². The summed E-state index contributed by atoms with van der Waals surface area (Å²) in [7, 11) is -1.62. The Kier molecular flexibility index (Phi) is 6.10. The third kappa shape index (κ3) is 4.45. The number of sulfonamides is 1. The van der Waals surface area contributed by atoms with Crippen molar-refractivity contribution in [2.45, 2.75) is 48.4 Å². The molecule has 2 N–H and O–H groups in total. The van der Waals surface area contributed by atoms with E-state index in [4.69, 9.17) is 0 Å². The summed E-state index contributed by atoms with van der Waals surface area (Å²) in [5.41, 5.74) is 0.810. The van der Waals surface area contributed by atoms with Crippen molar-refractivity contribution in [1.82, 2.24) is 10.0 Å². The average molecular weight is 329 g/mol. The number of rotatable bonds is 6. The zero-order chi connectivity index (χ0) is 15.3. The lowest BCUT2D eigenvalue weighted by molar-refractivity contribution is 0.420. The molecule has 0 spiro atoms. The van der Waals surface area contributed by atoms with E-state index in [0.29, 0.717) is 16.7 Å². The number of hydrogen-bond donors (Lipinski definition) is 2. The molecular formula is C15H24N2O2S2. The molecule has 21 heavy (non-hydrogen) atoms. The number of nitrogens with one attached hydrogen (secondary N) is 2. The molecule has 2 rings (SSSR count). The van der Waals surface area contributed by atoms with Crippen molar-refractivity contribution >= 4 is 21.8 Å². The van der Waals surface area contributed by atoms with Crippen LogP contribution >= 0.6 is 11.8 Å². The molecule has 1 fully saturated rings. The molecule has 0 radical (unpaired) electrons. The third-order valence-electron chi connectivity index (χ3n) is 3.91. The first-order chi connectivity index (χ1) is 10.1. The number of hydrogen-bond acceptors (Lipinski definition) is 4. The van der Waals surface area contributed by atoms with Gasteiger partial charge in [0.25, 0.3) is 0 Å². The molecule has 118 valence electrons. The summed E-state index contributed by atoms with van der Waals surface area (Å²) in [6.45, 7) is 0.551. The summed E-state index contributed by atoms with van der Waals surface area (Å²) >= 11 is 1.84. The normalized spacial score (nSPS) is 23.1. The van der Waals surface area contributed by atoms with Crippen molar-refractivity contribution in [2.24, 2.45) is 0 Å². The molecular weight excluding hydrogens is 304 g/mol. The zero-order valence-electron chi connectivity index (χ0n) is 12.6.